The van der Waals surface area contributed by atoms with Crippen molar-refractivity contribution in [2.45, 2.75) is 0 Å². The van der Waals surface area contributed by atoms with E-state index in [-0.39, 0.29) is 75.5 Å². The Morgan fingerprint density at radius 2 is 1.24 bits per heavy atom. The van der Waals surface area contributed by atoms with E-state index < -0.39 is 0 Å². The van der Waals surface area contributed by atoms with E-state index in [0.717, 1.165) is 0 Å². The van der Waals surface area contributed by atoms with Gasteiger partial charge in [-0.05, 0) is 18.2 Å². The molecule has 0 heterocycles. The topological polar surface area (TPSA) is 17.1 Å². The lowest BCUT2D eigenvalue weighted by Gasteiger charge is -1.98. The number of carbonyl (C=O) groups excluding carboxylic acids is 1. The maximum atomic E-state index is 11.1. The predicted molar refractivity (Wildman–Crippen MR) is 91.2 cm³/mol. The zero-order valence-electron chi connectivity index (χ0n) is 7.82. The molecule has 1 aromatic carbocycles. The largest absolute Gasteiger partial charge is 0.288 e. The van der Waals surface area contributed by atoms with Gasteiger partial charge in [-0.2, -0.15) is 0 Å². The molecule has 104 valence electrons. The molecule has 0 aliphatic heterocycles. The molecular weight excluding hydrogens is 415 g/mol. The van der Waals surface area contributed by atoms with Gasteiger partial charge in [-0.25, -0.2) is 0 Å². The lowest BCUT2D eigenvalue weighted by molar-refractivity contribution is 0.108. The smallest absolute Gasteiger partial charge is 0.196 e. The normalized spacial score (nSPS) is 7.71. The van der Waals surface area contributed by atoms with Gasteiger partial charge in [-0.1, -0.05) is 34.4 Å². The van der Waals surface area contributed by atoms with Crippen LogP contribution in [0.3, 0.4) is 0 Å². The van der Waals surface area contributed by atoms with Crippen molar-refractivity contribution in [1.29, 1.82) is 0 Å². The van der Waals surface area contributed by atoms with Crippen molar-refractivity contribution >= 4 is 110 Å². The van der Waals surface area contributed by atoms with Crippen LogP contribution in [0.2, 0.25) is 10.0 Å². The van der Waals surface area contributed by atoms with Crippen LogP contribution in [0.4, 0.5) is 0 Å². The van der Waals surface area contributed by atoms with Crippen molar-refractivity contribution in [1.82, 2.24) is 0 Å². The number of benzene rings is 1. The molecular formula is C7H9Cl8OP. The average Bonchev–Trinajstić information content (AvgIpc) is 2.01. The van der Waals surface area contributed by atoms with Crippen LogP contribution in [0.1, 0.15) is 10.4 Å². The fourth-order valence-electron chi connectivity index (χ4n) is 0.739. The first-order valence-corrected chi connectivity index (χ1v) is 5.77. The van der Waals surface area contributed by atoms with Crippen molar-refractivity contribution in [3.63, 3.8) is 0 Å². The summed E-state index contributed by atoms with van der Waals surface area (Å²) in [6, 6.07) is 4.66. The molecule has 0 saturated carbocycles. The first-order valence-electron chi connectivity index (χ1n) is 3.00. The average molecular weight is 424 g/mol. The van der Waals surface area contributed by atoms with Gasteiger partial charge in [-0.15, -0.1) is 62.0 Å². The summed E-state index contributed by atoms with van der Waals surface area (Å²) in [7, 11) is -0.282. The van der Waals surface area contributed by atoms with Crippen LogP contribution in [-0.2, 0) is 0 Å². The van der Waals surface area contributed by atoms with E-state index in [0.29, 0.717) is 15.6 Å². The minimum atomic E-state index is -0.282. The highest BCUT2D eigenvalue weighted by atomic mass is 35.7. The van der Waals surface area contributed by atoms with E-state index in [9.17, 15) is 4.79 Å². The second kappa shape index (κ2) is 15.7. The van der Waals surface area contributed by atoms with Gasteiger partial charge in [-0.3, -0.25) is 4.79 Å². The summed E-state index contributed by atoms with van der Waals surface area (Å²) in [4.78, 5) is 11.1. The second-order valence-electron chi connectivity index (χ2n) is 2.08. The maximum absolute atomic E-state index is 11.1. The molecule has 0 radical (unpaired) electrons. The highest BCUT2D eigenvalue weighted by Crippen LogP contribution is 2.27. The van der Waals surface area contributed by atoms with Crippen LogP contribution in [0.15, 0.2) is 18.2 Å². The van der Waals surface area contributed by atoms with Gasteiger partial charge in [0.15, 0.2) is 5.52 Å². The monoisotopic (exact) mass is 420 g/mol. The van der Waals surface area contributed by atoms with Crippen LogP contribution in [0.25, 0.3) is 0 Å². The van der Waals surface area contributed by atoms with Crippen molar-refractivity contribution < 1.29 is 4.79 Å². The fraction of sp³-hybridized carbons (Fsp3) is 0. The first-order chi connectivity index (χ1) is 5.63. The summed E-state index contributed by atoms with van der Waals surface area (Å²) < 4.78 is 0. The van der Waals surface area contributed by atoms with E-state index in [1.165, 1.54) is 0 Å². The lowest BCUT2D eigenvalue weighted by Crippen LogP contribution is -1.88. The Bertz CT molecular complexity index is 300. The third-order valence-electron chi connectivity index (χ3n) is 1.21. The number of halogens is 8. The van der Waals surface area contributed by atoms with Gasteiger partial charge >= 0.3 is 0 Å². The highest BCUT2D eigenvalue weighted by Gasteiger charge is 2.05. The van der Waals surface area contributed by atoms with Gasteiger partial charge in [0.05, 0.1) is 7.93 Å². The van der Waals surface area contributed by atoms with Crippen molar-refractivity contribution in [2.24, 2.45) is 0 Å². The summed E-state index contributed by atoms with van der Waals surface area (Å²) in [5, 5.41) is 0.890. The predicted octanol–water partition coefficient (Wildman–Crippen LogP) is 6.07. The summed E-state index contributed by atoms with van der Waals surface area (Å²) in [6.45, 7) is 0. The minimum Gasteiger partial charge on any atom is -0.288 e. The Labute approximate surface area is 147 Å². The Morgan fingerprint density at radius 3 is 1.53 bits per heavy atom. The number of hydrogen-bond acceptors (Lipinski definition) is 1. The molecule has 0 fully saturated rings. The zero-order valence-corrected chi connectivity index (χ0v) is 15.2. The van der Waals surface area contributed by atoms with E-state index in [4.69, 9.17) is 34.4 Å². The molecule has 0 aliphatic rings. The van der Waals surface area contributed by atoms with Crippen LogP contribution < -0.4 is 0 Å². The summed E-state index contributed by atoms with van der Waals surface area (Å²) in [5.41, 5.74) is 0.307. The highest BCUT2D eigenvalue weighted by molar-refractivity contribution is 7.83. The second-order valence-corrected chi connectivity index (χ2v) is 4.16. The van der Waals surface area contributed by atoms with Crippen LogP contribution in [-0.4, -0.2) is 5.52 Å². The van der Waals surface area contributed by atoms with Crippen molar-refractivity contribution in [2.75, 3.05) is 0 Å². The third kappa shape index (κ3) is 11.2. The molecule has 0 aliphatic carbocycles. The third-order valence-corrected chi connectivity index (χ3v) is 2.62. The SMILES string of the molecule is Cl.Cl.Cl.Cl.Cl.O=C(PCl)c1cc(Cl)cc(Cl)c1. The molecule has 0 saturated heterocycles. The van der Waals surface area contributed by atoms with Crippen LogP contribution in [0.5, 0.6) is 0 Å². The number of carbonyl (C=O) groups is 1. The van der Waals surface area contributed by atoms with Gasteiger partial charge < -0.3 is 0 Å². The van der Waals surface area contributed by atoms with Gasteiger partial charge in [0.1, 0.15) is 0 Å². The molecule has 1 unspecified atom stereocenters. The molecule has 1 aromatic rings. The Hall–Kier alpha value is 1.64. The summed E-state index contributed by atoms with van der Waals surface area (Å²) in [5.74, 6) is 0. The van der Waals surface area contributed by atoms with Crippen LogP contribution in [0, 0.1) is 0 Å². The molecule has 0 N–H and O–H groups in total. The van der Waals surface area contributed by atoms with Crippen molar-refractivity contribution in [3.05, 3.63) is 33.8 Å². The molecule has 1 nitrogen and oxygen atoms in total. The number of hydrogen-bond donors (Lipinski definition) is 0. The quantitative estimate of drug-likeness (QED) is 0.527. The lowest BCUT2D eigenvalue weighted by atomic mass is 10.2. The van der Waals surface area contributed by atoms with E-state index in [2.05, 4.69) is 0 Å². The Morgan fingerprint density at radius 1 is 0.882 bits per heavy atom. The molecule has 17 heavy (non-hydrogen) atoms. The molecule has 10 heteroatoms. The van der Waals surface area contributed by atoms with Crippen molar-refractivity contribution in [3.8, 4) is 0 Å². The Kier molecular flexibility index (Phi) is 28.8. The van der Waals surface area contributed by atoms with E-state index >= 15 is 0 Å². The van der Waals surface area contributed by atoms with Gasteiger partial charge in [0.2, 0.25) is 0 Å². The van der Waals surface area contributed by atoms with Gasteiger partial charge in [0, 0.05) is 15.6 Å². The minimum absolute atomic E-state index is 0. The summed E-state index contributed by atoms with van der Waals surface area (Å²) >= 11 is 16.7. The number of rotatable bonds is 2. The summed E-state index contributed by atoms with van der Waals surface area (Å²) in [6.07, 6.45) is 0. The fourth-order valence-corrected chi connectivity index (χ4v) is 1.85. The van der Waals surface area contributed by atoms with Gasteiger partial charge in [0.25, 0.3) is 0 Å². The molecule has 0 amide bonds. The molecule has 0 aromatic heterocycles. The maximum Gasteiger partial charge on any atom is 0.196 e. The standard InChI is InChI=1S/C7H4Cl3OP.5ClH/c8-5-1-4(7(11)12-10)2-6(9)3-5;;;;;/h1-3,12H;5*1H. The zero-order chi connectivity index (χ0) is 9.14. The van der Waals surface area contributed by atoms with E-state index in [1.54, 1.807) is 18.2 Å². The van der Waals surface area contributed by atoms with Crippen LogP contribution >= 0.6 is 104 Å². The molecule has 0 spiro atoms. The Balaban J connectivity index is -0.0000000960. The molecule has 1 atom stereocenters. The molecule has 0 bridgehead atoms. The molecule has 1 rings (SSSR count). The van der Waals surface area contributed by atoms with E-state index in [1.807, 2.05) is 0 Å². The first kappa shape index (κ1) is 31.2.